The van der Waals surface area contributed by atoms with Gasteiger partial charge in [-0.25, -0.2) is 8.42 Å². The second kappa shape index (κ2) is 8.45. The molecule has 0 heterocycles. The fraction of sp³-hybridized carbons (Fsp3) is 0.409. The molecular weight excluding hydrogens is 372 g/mol. The lowest BCUT2D eigenvalue weighted by atomic mass is 9.95. The second-order valence-electron chi connectivity index (χ2n) is 7.27. The van der Waals surface area contributed by atoms with Crippen LogP contribution >= 0.6 is 0 Å². The smallest absolute Gasteiger partial charge is 0.243 e. The Balaban J connectivity index is 2.31. The molecule has 0 aromatic heterocycles. The highest BCUT2D eigenvalue weighted by Crippen LogP contribution is 2.31. The number of aryl methyl sites for hydroxylation is 1. The van der Waals surface area contributed by atoms with Gasteiger partial charge in [-0.3, -0.25) is 4.79 Å². The molecule has 6 heteroatoms. The Labute approximate surface area is 168 Å². The van der Waals surface area contributed by atoms with Crippen LogP contribution in [0.2, 0.25) is 0 Å². The normalized spacial score (nSPS) is 11.7. The van der Waals surface area contributed by atoms with Gasteiger partial charge in [0, 0.05) is 12.7 Å². The van der Waals surface area contributed by atoms with E-state index in [2.05, 4.69) is 5.32 Å². The van der Waals surface area contributed by atoms with Crippen LogP contribution in [-0.4, -0.2) is 32.2 Å². The van der Waals surface area contributed by atoms with Gasteiger partial charge in [-0.1, -0.05) is 25.1 Å². The van der Waals surface area contributed by atoms with Gasteiger partial charge < -0.3 is 5.32 Å². The Hall–Kier alpha value is -2.18. The first-order valence-electron chi connectivity index (χ1n) is 9.43. The molecule has 2 aromatic rings. The predicted octanol–water partition coefficient (Wildman–Crippen LogP) is 4.05. The largest absolute Gasteiger partial charge is 0.325 e. The van der Waals surface area contributed by atoms with E-state index in [9.17, 15) is 13.2 Å². The topological polar surface area (TPSA) is 66.5 Å². The molecule has 0 aliphatic carbocycles. The zero-order valence-electron chi connectivity index (χ0n) is 17.8. The van der Waals surface area contributed by atoms with E-state index in [0.717, 1.165) is 49.8 Å². The molecular formula is C22H30N2O3S. The van der Waals surface area contributed by atoms with E-state index in [0.29, 0.717) is 4.90 Å². The molecule has 5 nitrogen and oxygen atoms in total. The molecule has 0 atom stereocenters. The van der Waals surface area contributed by atoms with Crippen molar-refractivity contribution < 1.29 is 13.2 Å². The number of nitrogens with one attached hydrogen (secondary N) is 1. The van der Waals surface area contributed by atoms with E-state index in [-0.39, 0.29) is 12.5 Å². The molecule has 0 aliphatic rings. The number of hydrogen-bond acceptors (Lipinski definition) is 3. The number of rotatable bonds is 6. The first-order valence-corrected chi connectivity index (χ1v) is 10.9. The summed E-state index contributed by atoms with van der Waals surface area (Å²) in [4.78, 5) is 12.8. The van der Waals surface area contributed by atoms with Gasteiger partial charge in [0.25, 0.3) is 0 Å². The molecule has 0 saturated heterocycles. The van der Waals surface area contributed by atoms with Gasteiger partial charge in [-0.15, -0.1) is 0 Å². The molecule has 2 aromatic carbocycles. The Morgan fingerprint density at radius 3 is 1.96 bits per heavy atom. The lowest BCUT2D eigenvalue weighted by Gasteiger charge is -2.23. The van der Waals surface area contributed by atoms with Crippen molar-refractivity contribution in [2.45, 2.75) is 52.9 Å². The van der Waals surface area contributed by atoms with Crippen molar-refractivity contribution in [3.8, 4) is 0 Å². The van der Waals surface area contributed by atoms with Crippen molar-refractivity contribution in [2.75, 3.05) is 18.9 Å². The van der Waals surface area contributed by atoms with Crippen LogP contribution < -0.4 is 5.32 Å². The van der Waals surface area contributed by atoms with Crippen LogP contribution in [0, 0.1) is 34.6 Å². The molecule has 0 bridgehead atoms. The average Bonchev–Trinajstić information content (AvgIpc) is 2.65. The van der Waals surface area contributed by atoms with Gasteiger partial charge >= 0.3 is 0 Å². The first kappa shape index (κ1) is 22.1. The SMILES string of the molecule is CCc1ccccc1NC(=O)CN(C)S(=O)(=O)c1c(C)c(C)c(C)c(C)c1C. The predicted molar refractivity (Wildman–Crippen MR) is 114 cm³/mol. The number of sulfonamides is 1. The summed E-state index contributed by atoms with van der Waals surface area (Å²) in [5.74, 6) is -0.358. The summed E-state index contributed by atoms with van der Waals surface area (Å²) in [6.45, 7) is 11.3. The van der Waals surface area contributed by atoms with Crippen molar-refractivity contribution >= 4 is 21.6 Å². The maximum atomic E-state index is 13.2. The monoisotopic (exact) mass is 402 g/mol. The zero-order valence-corrected chi connectivity index (χ0v) is 18.6. The summed E-state index contributed by atoms with van der Waals surface area (Å²) in [7, 11) is -2.34. The minimum atomic E-state index is -3.79. The van der Waals surface area contributed by atoms with E-state index >= 15 is 0 Å². The highest BCUT2D eigenvalue weighted by atomic mass is 32.2. The molecule has 152 valence electrons. The number of carbonyl (C=O) groups is 1. The third-order valence-electron chi connectivity index (χ3n) is 5.64. The number of anilines is 1. The van der Waals surface area contributed by atoms with Gasteiger partial charge in [0.05, 0.1) is 11.4 Å². The standard InChI is InChI=1S/C22H30N2O3S/c1-8-19-11-9-10-12-20(19)23-21(25)13-24(7)28(26,27)22-17(5)15(3)14(2)16(4)18(22)6/h9-12H,8,13H2,1-7H3,(H,23,25). The van der Waals surface area contributed by atoms with E-state index in [1.807, 2.05) is 65.8 Å². The fourth-order valence-corrected chi connectivity index (χ4v) is 5.11. The maximum Gasteiger partial charge on any atom is 0.243 e. The molecule has 2 rings (SSSR count). The molecule has 0 unspecified atom stereocenters. The van der Waals surface area contributed by atoms with Gasteiger partial charge in [-0.2, -0.15) is 4.31 Å². The van der Waals surface area contributed by atoms with Crippen molar-refractivity contribution in [3.05, 3.63) is 57.6 Å². The lowest BCUT2D eigenvalue weighted by Crippen LogP contribution is -2.36. The lowest BCUT2D eigenvalue weighted by molar-refractivity contribution is -0.116. The van der Waals surface area contributed by atoms with E-state index in [1.54, 1.807) is 0 Å². The van der Waals surface area contributed by atoms with Crippen molar-refractivity contribution in [3.63, 3.8) is 0 Å². The third-order valence-corrected chi connectivity index (χ3v) is 7.72. The average molecular weight is 403 g/mol. The summed E-state index contributed by atoms with van der Waals surface area (Å²) in [5, 5.41) is 2.83. The molecule has 1 amide bonds. The summed E-state index contributed by atoms with van der Waals surface area (Å²) < 4.78 is 27.6. The quantitative estimate of drug-likeness (QED) is 0.793. The van der Waals surface area contributed by atoms with Crippen LogP contribution in [0.5, 0.6) is 0 Å². The van der Waals surface area contributed by atoms with Crippen LogP contribution in [0.1, 0.15) is 40.3 Å². The summed E-state index contributed by atoms with van der Waals surface area (Å²) in [5.41, 5.74) is 6.25. The molecule has 0 spiro atoms. The Bertz CT molecular complexity index is 982. The van der Waals surface area contributed by atoms with Gasteiger partial charge in [0.1, 0.15) is 0 Å². The van der Waals surface area contributed by atoms with Crippen LogP contribution in [0.4, 0.5) is 5.69 Å². The number of likely N-dealkylation sites (N-methyl/N-ethyl adjacent to an activating group) is 1. The summed E-state index contributed by atoms with van der Waals surface area (Å²) in [6, 6.07) is 7.53. The molecule has 0 radical (unpaired) electrons. The molecule has 1 N–H and O–H groups in total. The Morgan fingerprint density at radius 1 is 0.929 bits per heavy atom. The first-order chi connectivity index (χ1) is 13.0. The molecule has 0 aliphatic heterocycles. The van der Waals surface area contributed by atoms with Gasteiger partial charge in [-0.05, 0) is 80.5 Å². The number of amides is 1. The minimum absolute atomic E-state index is 0.245. The van der Waals surface area contributed by atoms with Gasteiger partial charge in [0.15, 0.2) is 0 Å². The van der Waals surface area contributed by atoms with E-state index in [1.165, 1.54) is 7.05 Å². The molecule has 28 heavy (non-hydrogen) atoms. The van der Waals surface area contributed by atoms with E-state index < -0.39 is 10.0 Å². The summed E-state index contributed by atoms with van der Waals surface area (Å²) in [6.07, 6.45) is 0.783. The van der Waals surface area contributed by atoms with Crippen molar-refractivity contribution in [2.24, 2.45) is 0 Å². The number of nitrogens with zero attached hydrogens (tertiary/aromatic N) is 1. The number of para-hydroxylation sites is 1. The van der Waals surface area contributed by atoms with Crippen molar-refractivity contribution in [1.29, 1.82) is 0 Å². The Kier molecular flexibility index (Phi) is 6.67. The third kappa shape index (κ3) is 4.13. The second-order valence-corrected chi connectivity index (χ2v) is 9.26. The van der Waals surface area contributed by atoms with Crippen molar-refractivity contribution in [1.82, 2.24) is 4.31 Å². The highest BCUT2D eigenvalue weighted by molar-refractivity contribution is 7.89. The number of benzene rings is 2. The van der Waals surface area contributed by atoms with E-state index in [4.69, 9.17) is 0 Å². The Morgan fingerprint density at radius 2 is 1.43 bits per heavy atom. The number of carbonyl (C=O) groups excluding carboxylic acids is 1. The zero-order chi connectivity index (χ0) is 21.2. The van der Waals surface area contributed by atoms with Crippen LogP contribution in [0.3, 0.4) is 0 Å². The van der Waals surface area contributed by atoms with Crippen LogP contribution in [0.25, 0.3) is 0 Å². The van der Waals surface area contributed by atoms with Crippen LogP contribution in [-0.2, 0) is 21.2 Å². The van der Waals surface area contributed by atoms with Gasteiger partial charge in [0.2, 0.25) is 15.9 Å². The highest BCUT2D eigenvalue weighted by Gasteiger charge is 2.29. The van der Waals surface area contributed by atoms with Crippen LogP contribution in [0.15, 0.2) is 29.2 Å². The maximum absolute atomic E-state index is 13.2. The summed E-state index contributed by atoms with van der Waals surface area (Å²) >= 11 is 0. The fourth-order valence-electron chi connectivity index (χ4n) is 3.44. The number of hydrogen-bond donors (Lipinski definition) is 1. The minimum Gasteiger partial charge on any atom is -0.325 e. The molecule has 0 saturated carbocycles. The molecule has 0 fully saturated rings.